The number of rotatable bonds is 2. The van der Waals surface area contributed by atoms with Crippen LogP contribution in [0, 0.1) is 13.8 Å². The standard InChI is InChI=1S/C16H12ClN3O3/c1-8-7-12-13(18-9(8)2)15(21)14(16(22)23)19-20(12)11-5-3-10(17)4-6-11/h3-7H,1-2H3,(H,22,23). The number of benzene rings is 1. The van der Waals surface area contributed by atoms with E-state index in [1.54, 1.807) is 37.3 Å². The molecule has 2 heterocycles. The number of aryl methyl sites for hydroxylation is 2. The largest absolute Gasteiger partial charge is 0.476 e. The second-order valence-electron chi connectivity index (χ2n) is 5.13. The third kappa shape index (κ3) is 2.57. The van der Waals surface area contributed by atoms with Crippen LogP contribution in [0.3, 0.4) is 0 Å². The minimum Gasteiger partial charge on any atom is -0.476 e. The number of carboxylic acids is 1. The third-order valence-corrected chi connectivity index (χ3v) is 3.83. The predicted molar refractivity (Wildman–Crippen MR) is 86.6 cm³/mol. The Labute approximate surface area is 136 Å². The van der Waals surface area contributed by atoms with Crippen molar-refractivity contribution in [1.82, 2.24) is 14.8 Å². The van der Waals surface area contributed by atoms with E-state index in [1.165, 1.54) is 4.68 Å². The molecule has 3 aromatic rings. The van der Waals surface area contributed by atoms with E-state index in [0.29, 0.717) is 21.9 Å². The molecule has 1 aromatic carbocycles. The van der Waals surface area contributed by atoms with Crippen molar-refractivity contribution in [3.8, 4) is 5.69 Å². The molecule has 7 heteroatoms. The summed E-state index contributed by atoms with van der Waals surface area (Å²) in [4.78, 5) is 27.9. The van der Waals surface area contributed by atoms with Crippen LogP contribution in [0.1, 0.15) is 21.7 Å². The highest BCUT2D eigenvalue weighted by atomic mass is 35.5. The van der Waals surface area contributed by atoms with Crippen LogP contribution in [0.15, 0.2) is 35.1 Å². The lowest BCUT2D eigenvalue weighted by Gasteiger charge is -2.12. The van der Waals surface area contributed by atoms with Crippen LogP contribution in [0.25, 0.3) is 16.7 Å². The second-order valence-corrected chi connectivity index (χ2v) is 5.57. The van der Waals surface area contributed by atoms with Gasteiger partial charge in [-0.3, -0.25) is 4.79 Å². The number of carboxylic acid groups (broad SMARTS) is 1. The zero-order chi connectivity index (χ0) is 16.7. The number of hydrogen-bond acceptors (Lipinski definition) is 4. The second kappa shape index (κ2) is 5.48. The molecule has 2 aromatic heterocycles. The third-order valence-electron chi connectivity index (χ3n) is 3.58. The number of carbonyl (C=O) groups is 1. The lowest BCUT2D eigenvalue weighted by atomic mass is 10.2. The van der Waals surface area contributed by atoms with Gasteiger partial charge in [0.25, 0.3) is 0 Å². The fourth-order valence-corrected chi connectivity index (χ4v) is 2.38. The molecule has 116 valence electrons. The van der Waals surface area contributed by atoms with Gasteiger partial charge in [0, 0.05) is 10.7 Å². The summed E-state index contributed by atoms with van der Waals surface area (Å²) in [6, 6.07) is 8.49. The summed E-state index contributed by atoms with van der Waals surface area (Å²) in [7, 11) is 0. The normalized spacial score (nSPS) is 10.9. The molecule has 0 bridgehead atoms. The van der Waals surface area contributed by atoms with E-state index in [0.717, 1.165) is 5.56 Å². The van der Waals surface area contributed by atoms with E-state index in [2.05, 4.69) is 10.1 Å². The van der Waals surface area contributed by atoms with E-state index >= 15 is 0 Å². The van der Waals surface area contributed by atoms with E-state index < -0.39 is 17.1 Å². The van der Waals surface area contributed by atoms with Crippen molar-refractivity contribution < 1.29 is 9.90 Å². The topological polar surface area (TPSA) is 85.1 Å². The van der Waals surface area contributed by atoms with Crippen LogP contribution < -0.4 is 5.43 Å². The molecule has 0 saturated heterocycles. The first kappa shape index (κ1) is 15.2. The summed E-state index contributed by atoms with van der Waals surface area (Å²) in [6.45, 7) is 3.63. The first-order chi connectivity index (χ1) is 10.9. The van der Waals surface area contributed by atoms with Crippen LogP contribution in [0.4, 0.5) is 0 Å². The molecule has 0 aliphatic heterocycles. The van der Waals surface area contributed by atoms with Gasteiger partial charge in [0.05, 0.1) is 11.2 Å². The van der Waals surface area contributed by atoms with Crippen LogP contribution in [-0.4, -0.2) is 25.8 Å². The average Bonchev–Trinajstić information content (AvgIpc) is 2.50. The van der Waals surface area contributed by atoms with E-state index in [-0.39, 0.29) is 5.52 Å². The summed E-state index contributed by atoms with van der Waals surface area (Å²) >= 11 is 5.88. The molecular formula is C16H12ClN3O3. The number of aromatic nitrogens is 3. The Morgan fingerprint density at radius 1 is 1.22 bits per heavy atom. The number of fused-ring (bicyclic) bond motifs is 1. The molecule has 3 rings (SSSR count). The van der Waals surface area contributed by atoms with Crippen LogP contribution in [-0.2, 0) is 0 Å². The van der Waals surface area contributed by atoms with Crippen molar-refractivity contribution in [2.24, 2.45) is 0 Å². The molecule has 0 aliphatic carbocycles. The number of nitrogens with zero attached hydrogens (tertiary/aromatic N) is 3. The fourth-order valence-electron chi connectivity index (χ4n) is 2.25. The molecule has 0 saturated carbocycles. The maximum absolute atomic E-state index is 12.3. The van der Waals surface area contributed by atoms with Gasteiger partial charge < -0.3 is 5.11 Å². The predicted octanol–water partition coefficient (Wildman–Crippen LogP) is 2.75. The molecule has 0 atom stereocenters. The van der Waals surface area contributed by atoms with Gasteiger partial charge in [0.2, 0.25) is 11.1 Å². The fraction of sp³-hybridized carbons (Fsp3) is 0.125. The van der Waals surface area contributed by atoms with E-state index in [9.17, 15) is 14.7 Å². The quantitative estimate of drug-likeness (QED) is 0.781. The number of halogens is 1. The summed E-state index contributed by atoms with van der Waals surface area (Å²) in [5.74, 6) is -1.39. The summed E-state index contributed by atoms with van der Waals surface area (Å²) in [6.07, 6.45) is 0. The first-order valence-electron chi connectivity index (χ1n) is 6.79. The smallest absolute Gasteiger partial charge is 0.360 e. The highest BCUT2D eigenvalue weighted by molar-refractivity contribution is 6.30. The molecule has 23 heavy (non-hydrogen) atoms. The van der Waals surface area contributed by atoms with Crippen molar-refractivity contribution in [1.29, 1.82) is 0 Å². The monoisotopic (exact) mass is 329 g/mol. The van der Waals surface area contributed by atoms with Gasteiger partial charge in [-0.25, -0.2) is 14.5 Å². The molecular weight excluding hydrogens is 318 g/mol. The maximum atomic E-state index is 12.3. The number of hydrogen-bond donors (Lipinski definition) is 1. The zero-order valence-corrected chi connectivity index (χ0v) is 13.1. The maximum Gasteiger partial charge on any atom is 0.360 e. The van der Waals surface area contributed by atoms with E-state index in [1.807, 2.05) is 6.92 Å². The van der Waals surface area contributed by atoms with Gasteiger partial charge in [-0.2, -0.15) is 5.10 Å². The number of pyridine rings is 1. The summed E-state index contributed by atoms with van der Waals surface area (Å²) in [5.41, 5.74) is 1.40. The Hall–Kier alpha value is -2.73. The average molecular weight is 330 g/mol. The first-order valence-corrected chi connectivity index (χ1v) is 7.17. The minimum atomic E-state index is -1.39. The van der Waals surface area contributed by atoms with Crippen molar-refractivity contribution in [2.45, 2.75) is 13.8 Å². The summed E-state index contributed by atoms with van der Waals surface area (Å²) < 4.78 is 1.40. The van der Waals surface area contributed by atoms with Gasteiger partial charge in [0.15, 0.2) is 0 Å². The molecule has 0 radical (unpaired) electrons. The van der Waals surface area contributed by atoms with Crippen LogP contribution in [0.2, 0.25) is 5.02 Å². The number of aromatic carboxylic acids is 1. The molecule has 6 nitrogen and oxygen atoms in total. The van der Waals surface area contributed by atoms with Gasteiger partial charge >= 0.3 is 5.97 Å². The minimum absolute atomic E-state index is 0.0791. The molecule has 0 aliphatic rings. The van der Waals surface area contributed by atoms with Crippen molar-refractivity contribution >= 4 is 28.6 Å². The zero-order valence-electron chi connectivity index (χ0n) is 12.4. The van der Waals surface area contributed by atoms with Crippen molar-refractivity contribution in [2.75, 3.05) is 0 Å². The highest BCUT2D eigenvalue weighted by Crippen LogP contribution is 2.19. The molecule has 0 unspecified atom stereocenters. The van der Waals surface area contributed by atoms with Gasteiger partial charge in [-0.1, -0.05) is 11.6 Å². The van der Waals surface area contributed by atoms with Crippen molar-refractivity contribution in [3.05, 3.63) is 62.5 Å². The van der Waals surface area contributed by atoms with Crippen LogP contribution in [0.5, 0.6) is 0 Å². The van der Waals surface area contributed by atoms with E-state index in [4.69, 9.17) is 11.6 Å². The lowest BCUT2D eigenvalue weighted by molar-refractivity contribution is 0.0687. The Morgan fingerprint density at radius 3 is 2.48 bits per heavy atom. The van der Waals surface area contributed by atoms with Gasteiger partial charge in [-0.05, 0) is 49.7 Å². The van der Waals surface area contributed by atoms with Crippen LogP contribution >= 0.6 is 11.6 Å². The van der Waals surface area contributed by atoms with Crippen molar-refractivity contribution in [3.63, 3.8) is 0 Å². The Bertz CT molecular complexity index is 994. The SMILES string of the molecule is Cc1cc2c(nc1C)c(=O)c(C(=O)O)nn2-c1ccc(Cl)cc1. The summed E-state index contributed by atoms with van der Waals surface area (Å²) in [5, 5.41) is 13.8. The molecule has 0 fully saturated rings. The van der Waals surface area contributed by atoms with Gasteiger partial charge in [-0.15, -0.1) is 0 Å². The molecule has 0 spiro atoms. The molecule has 1 N–H and O–H groups in total. The Morgan fingerprint density at radius 2 is 1.87 bits per heavy atom. The highest BCUT2D eigenvalue weighted by Gasteiger charge is 2.19. The Kier molecular flexibility index (Phi) is 3.61. The molecule has 0 amide bonds. The Balaban J connectivity index is 2.46. The van der Waals surface area contributed by atoms with Gasteiger partial charge in [0.1, 0.15) is 5.52 Å². The lowest BCUT2D eigenvalue weighted by Crippen LogP contribution is -2.23.